The molecule has 12 aromatic carbocycles. The summed E-state index contributed by atoms with van der Waals surface area (Å²) in [6, 6.07) is 111. The van der Waals surface area contributed by atoms with Crippen molar-refractivity contribution in [3.05, 3.63) is 442 Å². The summed E-state index contributed by atoms with van der Waals surface area (Å²) in [7, 11) is -5.93. The Morgan fingerprint density at radius 3 is 0.653 bits per heavy atom. The maximum atomic E-state index is 14.4. The third kappa shape index (κ3) is 29.4. The van der Waals surface area contributed by atoms with E-state index in [1.807, 2.05) is 303 Å². The molecule has 0 bridgehead atoms. The van der Waals surface area contributed by atoms with Crippen LogP contribution in [0.5, 0.6) is 0 Å². The van der Waals surface area contributed by atoms with Crippen LogP contribution in [-0.2, 0) is 56.3 Å². The minimum Gasteiger partial charge on any atom is -0.576 e. The molecule has 0 aliphatic heterocycles. The van der Waals surface area contributed by atoms with Crippen molar-refractivity contribution < 1.29 is 60.8 Å². The normalized spacial score (nSPS) is 10.2. The van der Waals surface area contributed by atoms with Crippen molar-refractivity contribution in [3.63, 3.8) is 0 Å². The zero-order valence-corrected chi connectivity index (χ0v) is 67.6. The Morgan fingerprint density at radius 2 is 0.469 bits per heavy atom. The van der Waals surface area contributed by atoms with Gasteiger partial charge in [0.15, 0.2) is 0 Å². The molecule has 98 heavy (non-hydrogen) atoms. The van der Waals surface area contributed by atoms with Crippen LogP contribution >= 0.6 is 14.6 Å². The van der Waals surface area contributed by atoms with Gasteiger partial charge in [-0.25, -0.2) is 0 Å². The van der Waals surface area contributed by atoms with E-state index in [0.717, 1.165) is 66.0 Å². The average molecular weight is 1660 g/mol. The summed E-state index contributed by atoms with van der Waals surface area (Å²) in [5, 5.41) is 12.1. The zero-order chi connectivity index (χ0) is 69.6. The molecule has 0 amide bonds. The van der Waals surface area contributed by atoms with Gasteiger partial charge in [0.1, 0.15) is 0 Å². The van der Waals surface area contributed by atoms with Crippen LogP contribution in [-0.4, -0.2) is 4.57 Å². The summed E-state index contributed by atoms with van der Waals surface area (Å²) in [5.74, 6) is 1.35. The van der Waals surface area contributed by atoms with E-state index < -0.39 is 14.6 Å². The summed E-state index contributed by atoms with van der Waals surface area (Å²) in [4.78, 5) is 0. The first-order valence-corrected chi connectivity index (χ1v) is 36.1. The molecule has 0 unspecified atom stereocenters. The predicted molar refractivity (Wildman–Crippen MR) is 422 cm³/mol. The molecule has 12 rings (SSSR count). The predicted octanol–water partition coefficient (Wildman–Crippen LogP) is 24.3. The summed E-state index contributed by atoms with van der Waals surface area (Å²) in [6.45, 7) is 39.8. The van der Waals surface area contributed by atoms with E-state index in [4.69, 9.17) is 5.09 Å². The Morgan fingerprint density at radius 1 is 0.286 bits per heavy atom. The van der Waals surface area contributed by atoms with Crippen LogP contribution in [0.4, 0.5) is 11.4 Å². The molecule has 0 atom stereocenters. The van der Waals surface area contributed by atoms with E-state index in [1.165, 1.54) is 22.3 Å². The topological polar surface area (TPSA) is 64.6 Å². The number of nitrogens with zero attached hydrogens (tertiary/aromatic N) is 1. The molecule has 0 saturated carbocycles. The second-order valence-corrected chi connectivity index (χ2v) is 28.8. The van der Waals surface area contributed by atoms with Crippen molar-refractivity contribution >= 4 is 47.2 Å². The largest absolute Gasteiger partial charge is 4.00 e. The van der Waals surface area contributed by atoms with E-state index in [9.17, 15) is 9.13 Å². The zero-order valence-electron chi connectivity index (χ0n) is 58.6. The Hall–Kier alpha value is -8.34. The number of benzene rings is 12. The number of anilines is 1. The van der Waals surface area contributed by atoms with E-state index in [-0.39, 0.29) is 51.7 Å². The van der Waals surface area contributed by atoms with Crippen molar-refractivity contribution in [2.24, 2.45) is 0 Å². The first-order valence-electron chi connectivity index (χ1n) is 32.7. The van der Waals surface area contributed by atoms with Gasteiger partial charge in [0.2, 0.25) is 14.6 Å². The molecule has 500 valence electrons. The Labute approximate surface area is 628 Å². The van der Waals surface area contributed by atoms with E-state index in [0.29, 0.717) is 23.7 Å². The van der Waals surface area contributed by atoms with Gasteiger partial charge in [-0.15, -0.1) is 78.5 Å². The molecule has 0 aliphatic carbocycles. The molecule has 2 N–H and O–H groups in total. The SMILES string of the molecule is CC(C)c1cccc(C(C)C)c1NP(=O)(c1ccccc1)c1ccccc1.CC(C)c1cccc(C(C)C)c1[N-]P(=[OH+])(c1ccccc1)c1ccccc1.[CH2-]c1ccccc1.[CH2-]c1ccccc1.[CH2-]c1ccccc1.[CH2-]c1ccccc1.[CH2-]c1ccccc1.[CH2-]c1ccccc1.[Hf+4].[Hf]. The van der Waals surface area contributed by atoms with Crippen LogP contribution in [0.15, 0.2) is 340 Å². The van der Waals surface area contributed by atoms with Gasteiger partial charge < -0.3 is 14.7 Å². The number of hydrogen-bond acceptors (Lipinski definition) is 1. The van der Waals surface area contributed by atoms with Gasteiger partial charge >= 0.3 is 25.8 Å². The van der Waals surface area contributed by atoms with Crippen LogP contribution in [0.2, 0.25) is 0 Å². The standard InChI is InChI=1S/C24H28NOP.C24H27NOP.6C7H7.2Hf/c2*1-18(2)22-16-11-17-23(19(3)4)24(22)25-27(26,20-12-7-5-8-13-20)21-14-9-6-10-15-21;6*1-7-5-3-2-4-6-7;;/h5-19H,1-4H3,(H,25,26);5-19H,1-4H3;6*2-6H,1H2;;/q;7*-1;;+4/p+1. The minimum atomic E-state index is -3.03. The number of para-hydroxylation sites is 1. The molecule has 0 aromatic heterocycles. The number of hydrogen-bond donors (Lipinski definition) is 1. The van der Waals surface area contributed by atoms with Crippen molar-refractivity contribution in [1.29, 1.82) is 0 Å². The summed E-state index contributed by atoms with van der Waals surface area (Å²) < 4.78 is 26.4. The molecule has 0 aliphatic rings. The molecule has 12 aromatic rings. The third-order valence-corrected chi connectivity index (χ3v) is 19.9. The third-order valence-electron chi connectivity index (χ3n) is 14.8. The maximum absolute atomic E-state index is 14.4. The summed E-state index contributed by atoms with van der Waals surface area (Å²) in [6.07, 6.45) is 0. The van der Waals surface area contributed by atoms with E-state index in [1.54, 1.807) is 0 Å². The van der Waals surface area contributed by atoms with Gasteiger partial charge in [-0.3, -0.25) is 4.57 Å². The molecule has 0 radical (unpaired) electrons. The molecule has 0 saturated heterocycles. The van der Waals surface area contributed by atoms with Gasteiger partial charge in [-0.05, 0) is 83.3 Å². The van der Waals surface area contributed by atoms with Crippen LogP contribution in [0.1, 0.15) is 135 Å². The Kier molecular flexibility index (Phi) is 39.4. The summed E-state index contributed by atoms with van der Waals surface area (Å²) >= 11 is 0. The van der Waals surface area contributed by atoms with Gasteiger partial charge in [0.25, 0.3) is 0 Å². The molecule has 0 spiro atoms. The molecule has 0 heterocycles. The molecule has 0 fully saturated rings. The quantitative estimate of drug-likeness (QED) is 0.0573. The first-order chi connectivity index (χ1) is 46.2. The van der Waals surface area contributed by atoms with E-state index in [2.05, 4.69) is 138 Å². The van der Waals surface area contributed by atoms with Crippen molar-refractivity contribution in [2.75, 3.05) is 5.09 Å². The molecular formula is C90H98Hf2N2O2P2-2. The maximum Gasteiger partial charge on any atom is 4.00 e. The van der Waals surface area contributed by atoms with Crippen LogP contribution < -0.4 is 26.3 Å². The monoisotopic (exact) mass is 1660 g/mol. The van der Waals surface area contributed by atoms with Crippen molar-refractivity contribution in [3.8, 4) is 0 Å². The minimum absolute atomic E-state index is 0. The van der Waals surface area contributed by atoms with Crippen LogP contribution in [0.3, 0.4) is 0 Å². The molecular weight excluding hydrogens is 1560 g/mol. The second kappa shape index (κ2) is 46.0. The smallest absolute Gasteiger partial charge is 0.576 e. The Balaban J connectivity index is 0.000000320. The molecule has 8 heteroatoms. The van der Waals surface area contributed by atoms with Gasteiger partial charge in [0, 0.05) is 42.1 Å². The second-order valence-electron chi connectivity index (χ2n) is 23.9. The molecule has 4 nitrogen and oxygen atoms in total. The fraction of sp³-hybridized carbons (Fsp3) is 0.133. The number of nitrogens with one attached hydrogen (secondary N) is 1. The fourth-order valence-corrected chi connectivity index (χ4v) is 14.1. The number of rotatable bonds is 12. The Bertz CT molecular complexity index is 3510. The van der Waals surface area contributed by atoms with Crippen LogP contribution in [0.25, 0.3) is 5.09 Å². The van der Waals surface area contributed by atoms with Crippen LogP contribution in [0, 0.1) is 41.5 Å². The van der Waals surface area contributed by atoms with Crippen molar-refractivity contribution in [1.82, 2.24) is 0 Å². The van der Waals surface area contributed by atoms with Gasteiger partial charge in [-0.2, -0.15) is 148 Å². The fourth-order valence-electron chi connectivity index (χ4n) is 9.57. The summed E-state index contributed by atoms with van der Waals surface area (Å²) in [5.41, 5.74) is 13.2. The van der Waals surface area contributed by atoms with Crippen molar-refractivity contribution in [2.45, 2.75) is 79.1 Å². The first kappa shape index (κ1) is 83.9. The average Bonchev–Trinajstić information content (AvgIpc) is 0.780. The van der Waals surface area contributed by atoms with E-state index >= 15 is 0 Å². The van der Waals surface area contributed by atoms with Gasteiger partial charge in [-0.1, -0.05) is 212 Å². The van der Waals surface area contributed by atoms with Gasteiger partial charge in [0.05, 0.1) is 10.6 Å².